The first-order valence-electron chi connectivity index (χ1n) is 12.3. The Morgan fingerprint density at radius 1 is 1.11 bits per heavy atom. The number of aromatic nitrogens is 5. The zero-order valence-electron chi connectivity index (χ0n) is 19.8. The molecule has 0 saturated carbocycles. The minimum atomic E-state index is -0.261. The van der Waals surface area contributed by atoms with E-state index in [0.717, 1.165) is 17.8 Å². The second-order valence-corrected chi connectivity index (χ2v) is 11.4. The number of fused-ring (bicyclic) bond motifs is 6. The highest BCUT2D eigenvalue weighted by molar-refractivity contribution is 7.99. The standard InChI is InChI=1S/C26H23ClN6O3S/c27-17-3-1-4-18(8-17)33-24-20(10-28-33)25(36)32-19(14-37-26(32)29-24)9-23(35)30-11-15-7-16(13-30)21-5-2-6-22(34)31(21)12-15/h1-6,8,10,15-16,19H,7,9,11-14H2. The van der Waals surface area contributed by atoms with Crippen molar-refractivity contribution in [3.05, 3.63) is 80.1 Å². The van der Waals surface area contributed by atoms with Gasteiger partial charge in [0.1, 0.15) is 5.39 Å². The number of pyridine rings is 1. The minimum absolute atomic E-state index is 0.0310. The molecule has 188 valence electrons. The molecule has 1 aromatic carbocycles. The molecular weight excluding hydrogens is 512 g/mol. The number of likely N-dealkylation sites (tertiary alicyclic amines) is 1. The summed E-state index contributed by atoms with van der Waals surface area (Å²) in [7, 11) is 0. The van der Waals surface area contributed by atoms with Gasteiger partial charge in [-0.1, -0.05) is 35.5 Å². The van der Waals surface area contributed by atoms with E-state index in [0.29, 0.717) is 46.6 Å². The molecule has 1 amide bonds. The van der Waals surface area contributed by atoms with Gasteiger partial charge in [0.25, 0.3) is 11.1 Å². The number of hydrogen-bond donors (Lipinski definition) is 0. The normalized spacial score (nSPS) is 22.2. The highest BCUT2D eigenvalue weighted by Crippen LogP contribution is 2.37. The van der Waals surface area contributed by atoms with Crippen LogP contribution < -0.4 is 11.1 Å². The van der Waals surface area contributed by atoms with Crippen LogP contribution in [0.5, 0.6) is 0 Å². The van der Waals surface area contributed by atoms with Gasteiger partial charge in [-0.3, -0.25) is 19.0 Å². The molecule has 6 heterocycles. The predicted molar refractivity (Wildman–Crippen MR) is 141 cm³/mol. The summed E-state index contributed by atoms with van der Waals surface area (Å²) in [5.41, 5.74) is 2.08. The molecule has 37 heavy (non-hydrogen) atoms. The number of hydrogen-bond acceptors (Lipinski definition) is 6. The lowest BCUT2D eigenvalue weighted by Gasteiger charge is -2.43. The van der Waals surface area contributed by atoms with Crippen molar-refractivity contribution in [2.24, 2.45) is 5.92 Å². The van der Waals surface area contributed by atoms with Crippen molar-refractivity contribution in [2.45, 2.75) is 36.5 Å². The van der Waals surface area contributed by atoms with Crippen LogP contribution in [0, 0.1) is 5.92 Å². The molecule has 3 aromatic heterocycles. The zero-order valence-corrected chi connectivity index (χ0v) is 21.4. The molecule has 3 unspecified atom stereocenters. The molecule has 1 fully saturated rings. The zero-order chi connectivity index (χ0) is 25.3. The van der Waals surface area contributed by atoms with E-state index in [9.17, 15) is 14.4 Å². The second-order valence-electron chi connectivity index (χ2n) is 10.0. The first-order chi connectivity index (χ1) is 18.0. The Labute approximate surface area is 220 Å². The second kappa shape index (κ2) is 8.59. The van der Waals surface area contributed by atoms with Gasteiger partial charge in [0.05, 0.1) is 17.9 Å². The van der Waals surface area contributed by atoms with E-state index in [1.54, 1.807) is 33.5 Å². The summed E-state index contributed by atoms with van der Waals surface area (Å²) in [6, 6.07) is 12.4. The third kappa shape index (κ3) is 3.73. The van der Waals surface area contributed by atoms with Gasteiger partial charge in [0.2, 0.25) is 5.91 Å². The molecule has 3 aliphatic rings. The molecular formula is C26H23ClN6O3S. The van der Waals surface area contributed by atoms with E-state index < -0.39 is 0 Å². The van der Waals surface area contributed by atoms with Crippen molar-refractivity contribution in [3.8, 4) is 5.69 Å². The lowest BCUT2D eigenvalue weighted by molar-refractivity contribution is -0.134. The summed E-state index contributed by atoms with van der Waals surface area (Å²) in [4.78, 5) is 46.0. The van der Waals surface area contributed by atoms with Crippen LogP contribution in [0.3, 0.4) is 0 Å². The van der Waals surface area contributed by atoms with Crippen molar-refractivity contribution in [1.29, 1.82) is 0 Å². The van der Waals surface area contributed by atoms with Crippen molar-refractivity contribution in [3.63, 3.8) is 0 Å². The van der Waals surface area contributed by atoms with Crippen molar-refractivity contribution >= 4 is 40.3 Å². The number of rotatable bonds is 3. The van der Waals surface area contributed by atoms with Gasteiger partial charge in [-0.15, -0.1) is 0 Å². The van der Waals surface area contributed by atoms with E-state index in [1.165, 1.54) is 18.0 Å². The number of nitrogens with zero attached hydrogens (tertiary/aromatic N) is 6. The smallest absolute Gasteiger partial charge is 0.265 e. The van der Waals surface area contributed by atoms with Crippen molar-refractivity contribution in [2.75, 3.05) is 18.8 Å². The Morgan fingerprint density at radius 2 is 1.97 bits per heavy atom. The average Bonchev–Trinajstić information content (AvgIpc) is 3.49. The monoisotopic (exact) mass is 534 g/mol. The largest absolute Gasteiger partial charge is 0.342 e. The van der Waals surface area contributed by atoms with E-state index in [1.807, 2.05) is 27.7 Å². The fraction of sp³-hybridized carbons (Fsp3) is 0.346. The van der Waals surface area contributed by atoms with Crippen molar-refractivity contribution in [1.82, 2.24) is 28.8 Å². The fourth-order valence-electron chi connectivity index (χ4n) is 6.01. The van der Waals surface area contributed by atoms with Gasteiger partial charge in [0, 0.05) is 54.5 Å². The molecule has 0 radical (unpaired) electrons. The molecule has 3 aliphatic heterocycles. The number of thioether (sulfide) groups is 1. The van der Waals surface area contributed by atoms with Crippen LogP contribution in [0.25, 0.3) is 16.7 Å². The minimum Gasteiger partial charge on any atom is -0.342 e. The quantitative estimate of drug-likeness (QED) is 0.375. The van der Waals surface area contributed by atoms with Crippen LogP contribution in [0.4, 0.5) is 0 Å². The molecule has 3 atom stereocenters. The highest BCUT2D eigenvalue weighted by atomic mass is 35.5. The maximum atomic E-state index is 13.5. The van der Waals surface area contributed by atoms with Gasteiger partial charge in [-0.2, -0.15) is 5.10 Å². The van der Waals surface area contributed by atoms with Crippen LogP contribution in [0.2, 0.25) is 5.02 Å². The summed E-state index contributed by atoms with van der Waals surface area (Å²) in [5.74, 6) is 1.09. The SMILES string of the molecule is O=C(CC1CSc2nc3c(cnn3-c3cccc(Cl)c3)c(=O)n21)N1CC2CC(C1)c1cccc(=O)n1C2. The number of carbonyl (C=O) groups is 1. The van der Waals surface area contributed by atoms with Gasteiger partial charge >= 0.3 is 0 Å². The first-order valence-corrected chi connectivity index (χ1v) is 13.7. The Kier molecular flexibility index (Phi) is 5.30. The third-order valence-corrected chi connectivity index (χ3v) is 9.00. The Bertz CT molecular complexity index is 1690. The molecule has 0 spiro atoms. The molecule has 9 nitrogen and oxygen atoms in total. The van der Waals surface area contributed by atoms with E-state index >= 15 is 0 Å². The van der Waals surface area contributed by atoms with Crippen LogP contribution >= 0.6 is 23.4 Å². The summed E-state index contributed by atoms with van der Waals surface area (Å²) in [5, 5.41) is 5.99. The summed E-state index contributed by atoms with van der Waals surface area (Å²) in [6.07, 6.45) is 2.77. The van der Waals surface area contributed by atoms with Crippen LogP contribution in [0.15, 0.2) is 63.4 Å². The summed E-state index contributed by atoms with van der Waals surface area (Å²) in [6.45, 7) is 1.89. The maximum Gasteiger partial charge on any atom is 0.265 e. The third-order valence-electron chi connectivity index (χ3n) is 7.67. The van der Waals surface area contributed by atoms with E-state index in [-0.39, 0.29) is 41.3 Å². The molecule has 7 rings (SSSR count). The maximum absolute atomic E-state index is 13.5. The Morgan fingerprint density at radius 3 is 2.84 bits per heavy atom. The lowest BCUT2D eigenvalue weighted by Crippen LogP contribution is -2.49. The number of carbonyl (C=O) groups excluding carboxylic acids is 1. The topological polar surface area (TPSA) is 95.0 Å². The number of amides is 1. The summed E-state index contributed by atoms with van der Waals surface area (Å²) < 4.78 is 5.15. The molecule has 4 aromatic rings. The summed E-state index contributed by atoms with van der Waals surface area (Å²) >= 11 is 7.64. The number of halogens is 1. The van der Waals surface area contributed by atoms with E-state index in [4.69, 9.17) is 16.6 Å². The Balaban J connectivity index is 1.15. The van der Waals surface area contributed by atoms with E-state index in [2.05, 4.69) is 5.10 Å². The molecule has 0 N–H and O–H groups in total. The first kappa shape index (κ1) is 22.8. The van der Waals surface area contributed by atoms with Gasteiger partial charge < -0.3 is 9.47 Å². The molecule has 11 heteroatoms. The predicted octanol–water partition coefficient (Wildman–Crippen LogP) is 3.08. The van der Waals surface area contributed by atoms with Gasteiger partial charge in [0.15, 0.2) is 10.8 Å². The number of benzene rings is 1. The molecule has 0 aliphatic carbocycles. The Hall–Kier alpha value is -3.37. The van der Waals surface area contributed by atoms with Gasteiger partial charge in [-0.05, 0) is 36.6 Å². The van der Waals surface area contributed by atoms with Crippen LogP contribution in [0.1, 0.15) is 30.5 Å². The van der Waals surface area contributed by atoms with Crippen molar-refractivity contribution < 1.29 is 4.79 Å². The molecule has 1 saturated heterocycles. The molecule has 2 bridgehead atoms. The fourth-order valence-corrected chi connectivity index (χ4v) is 7.32. The lowest BCUT2D eigenvalue weighted by atomic mass is 9.83. The van der Waals surface area contributed by atoms with Gasteiger partial charge in [-0.25, -0.2) is 9.67 Å². The van der Waals surface area contributed by atoms with Crippen LogP contribution in [-0.2, 0) is 11.3 Å². The van der Waals surface area contributed by atoms with Crippen LogP contribution in [-0.4, -0.2) is 53.5 Å². The number of piperidine rings is 1. The highest BCUT2D eigenvalue weighted by Gasteiger charge is 2.38. The average molecular weight is 535 g/mol.